The molecular formula is C25H31N4O2+. The van der Waals surface area contributed by atoms with Crippen LogP contribution >= 0.6 is 0 Å². The molecule has 31 heavy (non-hydrogen) atoms. The van der Waals surface area contributed by atoms with Crippen molar-refractivity contribution in [1.29, 1.82) is 5.26 Å². The van der Waals surface area contributed by atoms with Gasteiger partial charge in [0.25, 0.3) is 0 Å². The number of nitrogens with one attached hydrogen (secondary N) is 1. The SMILES string of the molecule is N#Cc1ccc(-c2ccc(OCCC[N+]3(NC(=O)N4CCCC4)CCCC3)cc2)cc1. The van der Waals surface area contributed by atoms with E-state index in [9.17, 15) is 4.79 Å². The maximum absolute atomic E-state index is 12.6. The number of likely N-dealkylation sites (tertiary alicyclic amines) is 2. The molecule has 0 spiro atoms. The molecule has 2 aromatic rings. The van der Waals surface area contributed by atoms with Crippen LogP contribution in [0.3, 0.4) is 0 Å². The van der Waals surface area contributed by atoms with E-state index in [4.69, 9.17) is 10.00 Å². The second-order valence-corrected chi connectivity index (χ2v) is 8.55. The van der Waals surface area contributed by atoms with Gasteiger partial charge in [-0.1, -0.05) is 24.3 Å². The Kier molecular flexibility index (Phi) is 6.73. The molecule has 6 heteroatoms. The summed E-state index contributed by atoms with van der Waals surface area (Å²) in [5.74, 6) is 0.853. The van der Waals surface area contributed by atoms with Gasteiger partial charge in [-0.25, -0.2) is 9.39 Å². The van der Waals surface area contributed by atoms with Gasteiger partial charge >= 0.3 is 6.03 Å². The van der Waals surface area contributed by atoms with Gasteiger partial charge in [0, 0.05) is 32.4 Å². The highest BCUT2D eigenvalue weighted by Crippen LogP contribution is 2.23. The number of carbonyl (C=O) groups is 1. The predicted molar refractivity (Wildman–Crippen MR) is 120 cm³/mol. The van der Waals surface area contributed by atoms with Crippen LogP contribution < -0.4 is 10.2 Å². The van der Waals surface area contributed by atoms with E-state index in [0.29, 0.717) is 16.8 Å². The van der Waals surface area contributed by atoms with Gasteiger partial charge in [0.15, 0.2) is 0 Å². The Hall–Kier alpha value is -3.04. The van der Waals surface area contributed by atoms with Gasteiger partial charge in [0.05, 0.1) is 18.2 Å². The molecule has 2 aliphatic heterocycles. The molecular weight excluding hydrogens is 388 g/mol. The molecule has 2 amide bonds. The van der Waals surface area contributed by atoms with Crippen LogP contribution in [0, 0.1) is 11.3 Å². The summed E-state index contributed by atoms with van der Waals surface area (Å²) in [5.41, 5.74) is 6.16. The second-order valence-electron chi connectivity index (χ2n) is 8.55. The summed E-state index contributed by atoms with van der Waals surface area (Å²) in [6.45, 7) is 5.33. The highest BCUT2D eigenvalue weighted by atomic mass is 16.5. The van der Waals surface area contributed by atoms with Gasteiger partial charge in [-0.05, 0) is 48.2 Å². The van der Waals surface area contributed by atoms with Gasteiger partial charge in [-0.15, -0.1) is 0 Å². The number of nitrogens with zero attached hydrogens (tertiary/aromatic N) is 3. The molecule has 0 bridgehead atoms. The molecule has 4 rings (SSSR count). The van der Waals surface area contributed by atoms with Crippen molar-refractivity contribution in [2.24, 2.45) is 0 Å². The number of carbonyl (C=O) groups excluding carboxylic acids is 1. The van der Waals surface area contributed by atoms with Crippen molar-refractivity contribution in [3.05, 3.63) is 54.1 Å². The molecule has 2 saturated heterocycles. The number of amides is 2. The van der Waals surface area contributed by atoms with E-state index in [2.05, 4.69) is 11.5 Å². The van der Waals surface area contributed by atoms with Crippen molar-refractivity contribution in [1.82, 2.24) is 10.3 Å². The normalized spacial score (nSPS) is 17.3. The van der Waals surface area contributed by atoms with Crippen LogP contribution in [0.4, 0.5) is 4.79 Å². The maximum Gasteiger partial charge on any atom is 0.361 e. The first-order valence-corrected chi connectivity index (χ1v) is 11.3. The fourth-order valence-electron chi connectivity index (χ4n) is 4.56. The second kappa shape index (κ2) is 9.84. The largest absolute Gasteiger partial charge is 0.493 e. The standard InChI is InChI=1S/C25H30N4O2/c26-20-21-6-8-22(9-7-21)23-10-12-24(13-11-23)31-19-5-18-29(16-3-4-17-29)27-25(30)28-14-1-2-15-28/h6-13H,1-5,14-19H2/p+1. The Balaban J connectivity index is 1.26. The first kappa shape index (κ1) is 21.2. The van der Waals surface area contributed by atoms with Crippen molar-refractivity contribution in [2.45, 2.75) is 32.1 Å². The van der Waals surface area contributed by atoms with Crippen LogP contribution in [-0.4, -0.2) is 54.9 Å². The highest BCUT2D eigenvalue weighted by molar-refractivity contribution is 5.73. The zero-order valence-corrected chi connectivity index (χ0v) is 18.1. The van der Waals surface area contributed by atoms with E-state index in [1.54, 1.807) is 0 Å². The van der Waals surface area contributed by atoms with E-state index in [-0.39, 0.29) is 6.03 Å². The number of hydrogen-bond acceptors (Lipinski definition) is 3. The molecule has 0 aliphatic carbocycles. The fourth-order valence-corrected chi connectivity index (χ4v) is 4.56. The molecule has 6 nitrogen and oxygen atoms in total. The number of quaternary nitrogens is 1. The molecule has 1 N–H and O–H groups in total. The lowest BCUT2D eigenvalue weighted by atomic mass is 10.0. The monoisotopic (exact) mass is 419 g/mol. The van der Waals surface area contributed by atoms with E-state index in [1.165, 1.54) is 0 Å². The van der Waals surface area contributed by atoms with E-state index >= 15 is 0 Å². The summed E-state index contributed by atoms with van der Waals surface area (Å²) < 4.78 is 6.66. The smallest absolute Gasteiger partial charge is 0.361 e. The summed E-state index contributed by atoms with van der Waals surface area (Å²) in [6, 6.07) is 17.9. The summed E-state index contributed by atoms with van der Waals surface area (Å²) in [6.07, 6.45) is 5.46. The van der Waals surface area contributed by atoms with Crippen molar-refractivity contribution in [3.8, 4) is 22.9 Å². The van der Waals surface area contributed by atoms with Gasteiger partial charge < -0.3 is 9.64 Å². The van der Waals surface area contributed by atoms with E-state index in [0.717, 1.165) is 81.7 Å². The Labute approximate surface area is 184 Å². The average Bonchev–Trinajstić information content (AvgIpc) is 3.50. The Morgan fingerprint density at radius 3 is 2.19 bits per heavy atom. The van der Waals surface area contributed by atoms with Crippen LogP contribution in [0.15, 0.2) is 48.5 Å². The third kappa shape index (κ3) is 5.36. The number of ether oxygens (including phenoxy) is 1. The highest BCUT2D eigenvalue weighted by Gasteiger charge is 2.35. The molecule has 0 unspecified atom stereocenters. The third-order valence-electron chi connectivity index (χ3n) is 6.35. The molecule has 2 heterocycles. The number of urea groups is 1. The molecule has 162 valence electrons. The first-order chi connectivity index (χ1) is 15.2. The quantitative estimate of drug-likeness (QED) is 0.537. The van der Waals surface area contributed by atoms with Crippen molar-refractivity contribution >= 4 is 6.03 Å². The maximum atomic E-state index is 12.6. The lowest BCUT2D eigenvalue weighted by Gasteiger charge is -2.34. The minimum absolute atomic E-state index is 0.0960. The van der Waals surface area contributed by atoms with Crippen LogP contribution in [0.25, 0.3) is 11.1 Å². The zero-order valence-electron chi connectivity index (χ0n) is 18.1. The average molecular weight is 420 g/mol. The van der Waals surface area contributed by atoms with Crippen LogP contribution in [0.5, 0.6) is 5.75 Å². The van der Waals surface area contributed by atoms with Crippen molar-refractivity contribution < 1.29 is 14.1 Å². The Morgan fingerprint density at radius 1 is 0.968 bits per heavy atom. The molecule has 2 aliphatic rings. The zero-order chi connectivity index (χ0) is 21.5. The fraction of sp³-hybridized carbons (Fsp3) is 0.440. The molecule has 0 saturated carbocycles. The summed E-state index contributed by atoms with van der Waals surface area (Å²) in [4.78, 5) is 14.5. The molecule has 2 fully saturated rings. The first-order valence-electron chi connectivity index (χ1n) is 11.3. The summed E-state index contributed by atoms with van der Waals surface area (Å²) in [7, 11) is 0. The molecule has 0 aromatic heterocycles. The number of rotatable bonds is 7. The van der Waals surface area contributed by atoms with Crippen molar-refractivity contribution in [3.63, 3.8) is 0 Å². The van der Waals surface area contributed by atoms with Crippen LogP contribution in [-0.2, 0) is 0 Å². The Bertz CT molecular complexity index is 906. The lowest BCUT2D eigenvalue weighted by Crippen LogP contribution is -2.61. The van der Waals surface area contributed by atoms with Gasteiger partial charge in [0.2, 0.25) is 0 Å². The van der Waals surface area contributed by atoms with Crippen LogP contribution in [0.1, 0.15) is 37.7 Å². The van der Waals surface area contributed by atoms with E-state index < -0.39 is 0 Å². The van der Waals surface area contributed by atoms with Gasteiger partial charge in [0.1, 0.15) is 25.4 Å². The van der Waals surface area contributed by atoms with E-state index in [1.807, 2.05) is 53.4 Å². The number of nitriles is 1. The van der Waals surface area contributed by atoms with Gasteiger partial charge in [-0.3, -0.25) is 0 Å². The van der Waals surface area contributed by atoms with Crippen LogP contribution in [0.2, 0.25) is 0 Å². The lowest BCUT2D eigenvalue weighted by molar-refractivity contribution is -0.950. The van der Waals surface area contributed by atoms with Crippen molar-refractivity contribution in [2.75, 3.05) is 39.3 Å². The summed E-state index contributed by atoms with van der Waals surface area (Å²) in [5, 5.41) is 8.93. The molecule has 2 aromatic carbocycles. The Morgan fingerprint density at radius 2 is 1.58 bits per heavy atom. The topological polar surface area (TPSA) is 65.4 Å². The summed E-state index contributed by atoms with van der Waals surface area (Å²) >= 11 is 0. The van der Waals surface area contributed by atoms with Gasteiger partial charge in [-0.2, -0.15) is 10.7 Å². The molecule has 0 atom stereocenters. The number of benzene rings is 2. The minimum Gasteiger partial charge on any atom is -0.493 e. The predicted octanol–water partition coefficient (Wildman–Crippen LogP) is 4.33. The number of hydrogen-bond donors (Lipinski definition) is 1. The third-order valence-corrected chi connectivity index (χ3v) is 6.35. The minimum atomic E-state index is 0.0960. The molecule has 0 radical (unpaired) electrons.